The van der Waals surface area contributed by atoms with Crippen molar-refractivity contribution in [3.63, 3.8) is 0 Å². The number of likely N-dealkylation sites (tertiary alicyclic amines) is 1. The van der Waals surface area contributed by atoms with Gasteiger partial charge in [-0.25, -0.2) is 4.79 Å². The Morgan fingerprint density at radius 2 is 1.62 bits per heavy atom. The van der Waals surface area contributed by atoms with E-state index in [0.29, 0.717) is 6.54 Å². The van der Waals surface area contributed by atoms with E-state index in [0.717, 1.165) is 12.8 Å². The summed E-state index contributed by atoms with van der Waals surface area (Å²) in [6, 6.07) is 0. The highest BCUT2D eigenvalue weighted by molar-refractivity contribution is 5.70. The Labute approximate surface area is 156 Å². The van der Waals surface area contributed by atoms with Crippen LogP contribution >= 0.6 is 0 Å². The van der Waals surface area contributed by atoms with Crippen molar-refractivity contribution in [3.8, 4) is 0 Å². The minimum Gasteiger partial charge on any atom is -0.444 e. The highest BCUT2D eigenvalue weighted by Gasteiger charge is 2.67. The molecule has 5 atom stereocenters. The molecular formula is C19H33NO6. The number of carbonyl (C=O) groups excluding carboxylic acids is 1. The average Bonchev–Trinajstić information content (AvgIpc) is 3.33. The van der Waals surface area contributed by atoms with Gasteiger partial charge in [0.05, 0.1) is 18.2 Å². The predicted molar refractivity (Wildman–Crippen MR) is 94.6 cm³/mol. The highest BCUT2D eigenvalue weighted by atomic mass is 16.8. The first kappa shape index (κ1) is 19.9. The number of hydrogen-bond acceptors (Lipinski definition) is 6. The third kappa shape index (κ3) is 2.93. The van der Waals surface area contributed by atoms with Crippen molar-refractivity contribution < 1.29 is 28.5 Å². The van der Waals surface area contributed by atoms with E-state index >= 15 is 0 Å². The van der Waals surface area contributed by atoms with Gasteiger partial charge in [0.25, 0.3) is 0 Å². The summed E-state index contributed by atoms with van der Waals surface area (Å²) in [6.07, 6.45) is 1.13. The number of rotatable bonds is 2. The number of fused-ring (bicyclic) bond motifs is 1. The Hall–Kier alpha value is -0.890. The van der Waals surface area contributed by atoms with Gasteiger partial charge in [0.2, 0.25) is 11.6 Å². The van der Waals surface area contributed by atoms with Crippen LogP contribution in [0.3, 0.4) is 0 Å². The molecule has 1 saturated carbocycles. The summed E-state index contributed by atoms with van der Waals surface area (Å²) in [5.74, 6) is -2.00. The lowest BCUT2D eigenvalue weighted by Gasteiger charge is -2.58. The molecule has 7 nitrogen and oxygen atoms in total. The molecule has 1 spiro atoms. The number of piperidine rings is 1. The fourth-order valence-corrected chi connectivity index (χ4v) is 4.28. The van der Waals surface area contributed by atoms with Crippen molar-refractivity contribution in [2.45, 2.75) is 89.3 Å². The summed E-state index contributed by atoms with van der Waals surface area (Å²) in [5, 5.41) is 0. The second kappa shape index (κ2) is 6.06. The van der Waals surface area contributed by atoms with E-state index in [1.807, 2.05) is 32.6 Å². The van der Waals surface area contributed by atoms with Gasteiger partial charge in [0.1, 0.15) is 11.7 Å². The maximum absolute atomic E-state index is 12.9. The van der Waals surface area contributed by atoms with Crippen molar-refractivity contribution in [1.82, 2.24) is 4.90 Å². The van der Waals surface area contributed by atoms with Crippen molar-refractivity contribution >= 4 is 6.09 Å². The second-order valence-corrected chi connectivity index (χ2v) is 9.02. The molecule has 2 aliphatic heterocycles. The Morgan fingerprint density at radius 1 is 1.08 bits per heavy atom. The van der Waals surface area contributed by atoms with Crippen LogP contribution in [0.15, 0.2) is 0 Å². The first-order valence-electron chi connectivity index (χ1n) is 9.38. The van der Waals surface area contributed by atoms with Crippen molar-refractivity contribution in [2.24, 2.45) is 5.92 Å². The lowest BCUT2D eigenvalue weighted by Crippen LogP contribution is -2.72. The number of ether oxygens (including phenoxy) is 5. The van der Waals surface area contributed by atoms with Crippen LogP contribution in [-0.2, 0) is 23.7 Å². The summed E-state index contributed by atoms with van der Waals surface area (Å²) in [4.78, 5) is 14.7. The first-order chi connectivity index (χ1) is 11.9. The monoisotopic (exact) mass is 371 g/mol. The molecule has 7 heteroatoms. The molecule has 3 aliphatic rings. The maximum atomic E-state index is 12.9. The molecule has 0 aromatic rings. The molecule has 0 bridgehead atoms. The Morgan fingerprint density at radius 3 is 2.08 bits per heavy atom. The zero-order valence-electron chi connectivity index (χ0n) is 17.3. The summed E-state index contributed by atoms with van der Waals surface area (Å²) >= 11 is 0. The minimum absolute atomic E-state index is 0.102. The fraction of sp³-hybridized carbons (Fsp3) is 0.947. The molecule has 0 radical (unpaired) electrons. The Balaban J connectivity index is 1.88. The molecule has 1 aliphatic carbocycles. The molecule has 3 rings (SSSR count). The number of carbonyl (C=O) groups is 1. The van der Waals surface area contributed by atoms with E-state index in [1.165, 1.54) is 0 Å². The normalized spacial score (nSPS) is 41.7. The molecule has 150 valence electrons. The molecule has 2 saturated heterocycles. The number of methoxy groups -OCH3 is 2. The smallest absolute Gasteiger partial charge is 0.410 e. The topological polar surface area (TPSA) is 66.5 Å². The summed E-state index contributed by atoms with van der Waals surface area (Å²) in [6.45, 7) is 11.8. The molecular weight excluding hydrogens is 338 g/mol. The standard InChI is InChI=1S/C19H33NO6/c1-12-14-13(24-17(5,22-7)18(6,23-8)25-14)11-20(19(12)9-10-19)15(21)26-16(2,3)4/h12-14H,9-11H2,1-8H3. The largest absolute Gasteiger partial charge is 0.444 e. The van der Waals surface area contributed by atoms with E-state index in [-0.39, 0.29) is 29.8 Å². The second-order valence-electron chi connectivity index (χ2n) is 9.02. The van der Waals surface area contributed by atoms with Gasteiger partial charge in [-0.1, -0.05) is 6.92 Å². The maximum Gasteiger partial charge on any atom is 0.410 e. The van der Waals surface area contributed by atoms with Gasteiger partial charge >= 0.3 is 6.09 Å². The molecule has 0 aromatic heterocycles. The average molecular weight is 371 g/mol. The van der Waals surface area contributed by atoms with Gasteiger partial charge in [0, 0.05) is 20.1 Å². The van der Waals surface area contributed by atoms with Crippen LogP contribution in [0.5, 0.6) is 0 Å². The van der Waals surface area contributed by atoms with Crippen LogP contribution in [0.4, 0.5) is 4.79 Å². The molecule has 26 heavy (non-hydrogen) atoms. The minimum atomic E-state index is -1.07. The summed E-state index contributed by atoms with van der Waals surface area (Å²) in [5.41, 5.74) is -0.755. The lowest BCUT2D eigenvalue weighted by atomic mass is 9.82. The van der Waals surface area contributed by atoms with Crippen molar-refractivity contribution in [3.05, 3.63) is 0 Å². The predicted octanol–water partition coefficient (Wildman–Crippen LogP) is 2.92. The van der Waals surface area contributed by atoms with Crippen LogP contribution in [0.1, 0.15) is 54.4 Å². The van der Waals surface area contributed by atoms with E-state index in [9.17, 15) is 4.79 Å². The number of nitrogens with zero attached hydrogens (tertiary/aromatic N) is 1. The van der Waals surface area contributed by atoms with Crippen LogP contribution in [0, 0.1) is 5.92 Å². The number of hydrogen-bond donors (Lipinski definition) is 0. The van der Waals surface area contributed by atoms with E-state index in [1.54, 1.807) is 21.1 Å². The van der Waals surface area contributed by atoms with Gasteiger partial charge in [-0.05, 0) is 47.5 Å². The van der Waals surface area contributed by atoms with Gasteiger partial charge in [-0.15, -0.1) is 0 Å². The zero-order valence-corrected chi connectivity index (χ0v) is 17.3. The molecule has 5 unspecified atom stereocenters. The van der Waals surface area contributed by atoms with E-state index < -0.39 is 17.2 Å². The van der Waals surface area contributed by atoms with Crippen LogP contribution in [0.2, 0.25) is 0 Å². The lowest BCUT2D eigenvalue weighted by molar-refractivity contribution is -0.458. The Bertz CT molecular complexity index is 571. The third-order valence-electron chi connectivity index (χ3n) is 6.32. The summed E-state index contributed by atoms with van der Waals surface area (Å²) < 4.78 is 29.6. The molecule has 1 amide bonds. The quantitative estimate of drug-likeness (QED) is 0.744. The Kier molecular flexibility index (Phi) is 4.63. The van der Waals surface area contributed by atoms with Gasteiger partial charge < -0.3 is 23.7 Å². The third-order valence-corrected chi connectivity index (χ3v) is 6.32. The van der Waals surface area contributed by atoms with E-state index in [4.69, 9.17) is 23.7 Å². The SMILES string of the molecule is COC1(C)OC2CN(C(=O)OC(C)(C)C)C3(CC3)C(C)C2OC1(C)OC. The van der Waals surface area contributed by atoms with E-state index in [2.05, 4.69) is 6.92 Å². The van der Waals surface area contributed by atoms with Gasteiger partial charge in [0.15, 0.2) is 0 Å². The summed E-state index contributed by atoms with van der Waals surface area (Å²) in [7, 11) is 3.16. The highest BCUT2D eigenvalue weighted by Crippen LogP contribution is 2.56. The van der Waals surface area contributed by atoms with Crippen molar-refractivity contribution in [1.29, 1.82) is 0 Å². The van der Waals surface area contributed by atoms with Crippen molar-refractivity contribution in [2.75, 3.05) is 20.8 Å². The molecule has 2 heterocycles. The van der Waals surface area contributed by atoms with Crippen LogP contribution in [0.25, 0.3) is 0 Å². The molecule has 0 N–H and O–H groups in total. The molecule has 3 fully saturated rings. The van der Waals surface area contributed by atoms with Crippen LogP contribution < -0.4 is 0 Å². The van der Waals surface area contributed by atoms with Crippen LogP contribution in [-0.4, -0.2) is 66.7 Å². The van der Waals surface area contributed by atoms with Gasteiger partial charge in [-0.3, -0.25) is 4.90 Å². The fourth-order valence-electron chi connectivity index (χ4n) is 4.28. The molecule has 0 aromatic carbocycles. The number of amides is 1. The zero-order chi connectivity index (χ0) is 19.5. The van der Waals surface area contributed by atoms with Gasteiger partial charge in [-0.2, -0.15) is 0 Å². The first-order valence-corrected chi connectivity index (χ1v) is 9.38.